The molecule has 1 saturated carbocycles. The van der Waals surface area contributed by atoms with Crippen LogP contribution in [0, 0.1) is 11.8 Å². The van der Waals surface area contributed by atoms with E-state index in [-0.39, 0.29) is 11.1 Å². The molecule has 0 aromatic carbocycles. The topological polar surface area (TPSA) is 44.0 Å². The Labute approximate surface area is 101 Å². The molecule has 0 spiro atoms. The van der Waals surface area contributed by atoms with E-state index >= 15 is 0 Å². The van der Waals surface area contributed by atoms with Gasteiger partial charge < -0.3 is 9.13 Å². The Hall–Kier alpha value is -1.32. The largest absolute Gasteiger partial charge is 0.316 e. The lowest BCUT2D eigenvalue weighted by Gasteiger charge is -2.25. The van der Waals surface area contributed by atoms with Crippen LogP contribution >= 0.6 is 0 Å². The van der Waals surface area contributed by atoms with E-state index in [1.165, 1.54) is 23.8 Å². The van der Waals surface area contributed by atoms with Gasteiger partial charge in [-0.25, -0.2) is 0 Å². The van der Waals surface area contributed by atoms with Crippen molar-refractivity contribution in [3.05, 3.63) is 33.1 Å². The van der Waals surface area contributed by atoms with Crippen LogP contribution in [0.5, 0.6) is 0 Å². The molecule has 0 radical (unpaired) electrons. The first kappa shape index (κ1) is 12.1. The van der Waals surface area contributed by atoms with Crippen LogP contribution in [0.3, 0.4) is 0 Å². The Kier molecular flexibility index (Phi) is 3.50. The van der Waals surface area contributed by atoms with E-state index in [1.807, 2.05) is 13.8 Å². The fourth-order valence-electron chi connectivity index (χ4n) is 2.18. The van der Waals surface area contributed by atoms with E-state index in [2.05, 4.69) is 0 Å². The molecule has 1 aliphatic rings. The van der Waals surface area contributed by atoms with Crippen molar-refractivity contribution in [1.82, 2.24) is 9.13 Å². The molecule has 1 fully saturated rings. The van der Waals surface area contributed by atoms with Gasteiger partial charge in [-0.2, -0.15) is 0 Å². The molecule has 0 aliphatic heterocycles. The smallest absolute Gasteiger partial charge is 0.309 e. The minimum absolute atomic E-state index is 0.370. The number of rotatable bonds is 4. The minimum atomic E-state index is -0.388. The molecule has 0 amide bonds. The van der Waals surface area contributed by atoms with Crippen molar-refractivity contribution in [2.24, 2.45) is 11.8 Å². The van der Waals surface area contributed by atoms with Gasteiger partial charge in [0.05, 0.1) is 0 Å². The van der Waals surface area contributed by atoms with Crippen molar-refractivity contribution in [2.75, 3.05) is 0 Å². The van der Waals surface area contributed by atoms with Gasteiger partial charge in [-0.1, -0.05) is 20.3 Å². The molecule has 0 N–H and O–H groups in total. The molecule has 0 unspecified atom stereocenters. The second-order valence-electron chi connectivity index (χ2n) is 5.40. The highest BCUT2D eigenvalue weighted by Gasteiger charge is 2.18. The maximum absolute atomic E-state index is 11.9. The summed E-state index contributed by atoms with van der Waals surface area (Å²) in [4.78, 5) is 23.7. The summed E-state index contributed by atoms with van der Waals surface area (Å²) in [5.41, 5.74) is -0.763. The van der Waals surface area contributed by atoms with Crippen LogP contribution in [-0.4, -0.2) is 9.13 Å². The first-order chi connectivity index (χ1) is 8.08. The standard InChI is InChI=1S/C13H20N2O2/c1-10(2)8-14-6-7-15(13(17)12(14)16)9-11-4-3-5-11/h6-7,10-11H,3-5,8-9H2,1-2H3. The van der Waals surface area contributed by atoms with E-state index in [0.29, 0.717) is 24.9 Å². The van der Waals surface area contributed by atoms with Gasteiger partial charge in [-0.3, -0.25) is 9.59 Å². The molecule has 4 heteroatoms. The second-order valence-corrected chi connectivity index (χ2v) is 5.40. The zero-order valence-corrected chi connectivity index (χ0v) is 10.6. The Balaban J connectivity index is 2.22. The molecule has 1 aromatic rings. The third-order valence-electron chi connectivity index (χ3n) is 3.37. The third-order valence-corrected chi connectivity index (χ3v) is 3.37. The molecule has 1 heterocycles. The first-order valence-electron chi connectivity index (χ1n) is 6.38. The number of nitrogens with zero attached hydrogens (tertiary/aromatic N) is 2. The van der Waals surface area contributed by atoms with Crippen molar-refractivity contribution in [2.45, 2.75) is 46.2 Å². The van der Waals surface area contributed by atoms with E-state index in [4.69, 9.17) is 0 Å². The molecular formula is C13H20N2O2. The molecule has 94 valence electrons. The Morgan fingerprint density at radius 1 is 1.18 bits per heavy atom. The normalized spacial score (nSPS) is 16.2. The minimum Gasteiger partial charge on any atom is -0.309 e. The molecule has 17 heavy (non-hydrogen) atoms. The Morgan fingerprint density at radius 3 is 2.29 bits per heavy atom. The van der Waals surface area contributed by atoms with Crippen LogP contribution in [0.1, 0.15) is 33.1 Å². The summed E-state index contributed by atoms with van der Waals surface area (Å²) >= 11 is 0. The first-order valence-corrected chi connectivity index (χ1v) is 6.38. The summed E-state index contributed by atoms with van der Waals surface area (Å²) in [5, 5.41) is 0. The average Bonchev–Trinajstić information content (AvgIpc) is 2.21. The van der Waals surface area contributed by atoms with Crippen molar-refractivity contribution < 1.29 is 0 Å². The van der Waals surface area contributed by atoms with Crippen LogP contribution in [0.15, 0.2) is 22.0 Å². The summed E-state index contributed by atoms with van der Waals surface area (Å²) in [6.45, 7) is 5.38. The van der Waals surface area contributed by atoms with E-state index in [9.17, 15) is 9.59 Å². The highest BCUT2D eigenvalue weighted by Crippen LogP contribution is 2.27. The molecular weight excluding hydrogens is 216 g/mol. The second kappa shape index (κ2) is 4.90. The van der Waals surface area contributed by atoms with Gasteiger partial charge >= 0.3 is 11.1 Å². The lowest BCUT2D eigenvalue weighted by molar-refractivity contribution is 0.272. The SMILES string of the molecule is CC(C)Cn1ccn(CC2CCC2)c(=O)c1=O. The van der Waals surface area contributed by atoms with Gasteiger partial charge in [-0.05, 0) is 24.7 Å². The number of hydrogen-bond acceptors (Lipinski definition) is 2. The fraction of sp³-hybridized carbons (Fsp3) is 0.692. The van der Waals surface area contributed by atoms with Gasteiger partial charge in [0, 0.05) is 25.5 Å². The lowest BCUT2D eigenvalue weighted by atomic mass is 9.85. The highest BCUT2D eigenvalue weighted by atomic mass is 16.2. The van der Waals surface area contributed by atoms with Gasteiger partial charge in [0.2, 0.25) is 0 Å². The highest BCUT2D eigenvalue weighted by molar-refractivity contribution is 4.87. The average molecular weight is 236 g/mol. The quantitative estimate of drug-likeness (QED) is 0.743. The van der Waals surface area contributed by atoms with Gasteiger partial charge in [0.15, 0.2) is 0 Å². The summed E-state index contributed by atoms with van der Waals surface area (Å²) in [5.74, 6) is 0.961. The van der Waals surface area contributed by atoms with E-state index in [1.54, 1.807) is 17.0 Å². The van der Waals surface area contributed by atoms with Gasteiger partial charge in [0.1, 0.15) is 0 Å². The maximum Gasteiger partial charge on any atom is 0.316 e. The van der Waals surface area contributed by atoms with E-state index < -0.39 is 0 Å². The van der Waals surface area contributed by atoms with Crippen LogP contribution in [0.25, 0.3) is 0 Å². The van der Waals surface area contributed by atoms with E-state index in [0.717, 1.165) is 0 Å². The van der Waals surface area contributed by atoms with Gasteiger partial charge in [-0.15, -0.1) is 0 Å². The van der Waals surface area contributed by atoms with Gasteiger partial charge in [0.25, 0.3) is 0 Å². The van der Waals surface area contributed by atoms with Crippen molar-refractivity contribution in [3.63, 3.8) is 0 Å². The summed E-state index contributed by atoms with van der Waals surface area (Å²) in [7, 11) is 0. The molecule has 0 bridgehead atoms. The molecule has 0 saturated heterocycles. The third kappa shape index (κ3) is 2.68. The molecule has 1 aromatic heterocycles. The van der Waals surface area contributed by atoms with Crippen LogP contribution in [-0.2, 0) is 13.1 Å². The maximum atomic E-state index is 11.9. The predicted molar refractivity (Wildman–Crippen MR) is 67.1 cm³/mol. The zero-order chi connectivity index (χ0) is 12.4. The van der Waals surface area contributed by atoms with Crippen molar-refractivity contribution >= 4 is 0 Å². The monoisotopic (exact) mass is 236 g/mol. The van der Waals surface area contributed by atoms with Crippen LogP contribution < -0.4 is 11.1 Å². The molecule has 2 rings (SSSR count). The van der Waals surface area contributed by atoms with Crippen LogP contribution in [0.4, 0.5) is 0 Å². The van der Waals surface area contributed by atoms with Crippen molar-refractivity contribution in [3.8, 4) is 0 Å². The predicted octanol–water partition coefficient (Wildman–Crippen LogP) is 1.47. The number of hydrogen-bond donors (Lipinski definition) is 0. The van der Waals surface area contributed by atoms with Crippen LogP contribution in [0.2, 0.25) is 0 Å². The van der Waals surface area contributed by atoms with Crippen molar-refractivity contribution in [1.29, 1.82) is 0 Å². The Morgan fingerprint density at radius 2 is 1.76 bits per heavy atom. The Bertz CT molecular complexity index is 495. The summed E-state index contributed by atoms with van der Waals surface area (Å²) < 4.78 is 3.09. The fourth-order valence-corrected chi connectivity index (χ4v) is 2.18. The molecule has 4 nitrogen and oxygen atoms in total. The lowest BCUT2D eigenvalue weighted by Crippen LogP contribution is -2.42. The zero-order valence-electron chi connectivity index (χ0n) is 10.6. The number of aromatic nitrogens is 2. The summed E-state index contributed by atoms with van der Waals surface area (Å²) in [6, 6.07) is 0. The molecule has 1 aliphatic carbocycles. The molecule has 0 atom stereocenters. The summed E-state index contributed by atoms with van der Waals surface area (Å²) in [6.07, 6.45) is 7.11.